The van der Waals surface area contributed by atoms with E-state index in [2.05, 4.69) is 26.6 Å². The molecule has 0 aliphatic carbocycles. The van der Waals surface area contributed by atoms with E-state index in [1.54, 1.807) is 37.1 Å². The van der Waals surface area contributed by atoms with Crippen LogP contribution in [-0.4, -0.2) is 34.8 Å². The van der Waals surface area contributed by atoms with E-state index < -0.39 is 0 Å². The maximum absolute atomic E-state index is 10.7. The first kappa shape index (κ1) is 20.5. The lowest BCUT2D eigenvalue weighted by molar-refractivity contribution is 0.472. The zero-order chi connectivity index (χ0) is 22.4. The van der Waals surface area contributed by atoms with Crippen LogP contribution in [0.25, 0.3) is 0 Å². The van der Waals surface area contributed by atoms with E-state index in [4.69, 9.17) is 23.8 Å². The van der Waals surface area contributed by atoms with E-state index in [1.165, 1.54) is 0 Å². The average Bonchev–Trinajstić information content (AvgIpc) is 3.48. The molecule has 1 fully saturated rings. The minimum atomic E-state index is -0.279. The number of aromatic hydroxyl groups is 1. The van der Waals surface area contributed by atoms with Gasteiger partial charge in [-0.2, -0.15) is 0 Å². The van der Waals surface area contributed by atoms with Gasteiger partial charge in [-0.1, -0.05) is 17.7 Å². The molecule has 162 valence electrons. The van der Waals surface area contributed by atoms with Crippen molar-refractivity contribution >= 4 is 34.6 Å². The summed E-state index contributed by atoms with van der Waals surface area (Å²) >= 11 is 12.0. The van der Waals surface area contributed by atoms with E-state index in [9.17, 15) is 5.11 Å². The predicted octanol–water partition coefficient (Wildman–Crippen LogP) is 3.94. The quantitative estimate of drug-likeness (QED) is 0.441. The maximum atomic E-state index is 10.7. The number of anilines is 1. The molecule has 1 aliphatic rings. The minimum Gasteiger partial charge on any atom is -0.506 e. The number of halogens is 1. The van der Waals surface area contributed by atoms with Crippen molar-refractivity contribution in [2.75, 3.05) is 4.90 Å². The van der Waals surface area contributed by atoms with Crippen LogP contribution in [0.5, 0.6) is 5.75 Å². The molecule has 3 aromatic heterocycles. The third-order valence-electron chi connectivity index (χ3n) is 5.69. The normalized spacial score (nSPS) is 18.2. The number of hydrogen-bond acceptors (Lipinski definition) is 5. The molecule has 0 bridgehead atoms. The Morgan fingerprint density at radius 2 is 1.88 bits per heavy atom. The van der Waals surface area contributed by atoms with Crippen LogP contribution in [0.3, 0.4) is 0 Å². The number of benzene rings is 1. The number of hydrogen-bond donors (Lipinski definition) is 2. The fraction of sp³-hybridized carbons (Fsp3) is 0.182. The van der Waals surface area contributed by atoms with E-state index >= 15 is 0 Å². The van der Waals surface area contributed by atoms with Gasteiger partial charge in [0, 0.05) is 28.2 Å². The zero-order valence-electron chi connectivity index (χ0n) is 17.3. The summed E-state index contributed by atoms with van der Waals surface area (Å²) in [5.41, 5.74) is 4.40. The summed E-state index contributed by atoms with van der Waals surface area (Å²) in [6, 6.07) is 12.3. The van der Waals surface area contributed by atoms with Gasteiger partial charge in [-0.05, 0) is 62.5 Å². The summed E-state index contributed by atoms with van der Waals surface area (Å²) in [5.74, 6) is 0.0952. The van der Waals surface area contributed by atoms with Crippen molar-refractivity contribution in [2.45, 2.75) is 25.9 Å². The zero-order valence-corrected chi connectivity index (χ0v) is 18.9. The highest BCUT2D eigenvalue weighted by Crippen LogP contribution is 2.46. The Labute approximate surface area is 195 Å². The highest BCUT2D eigenvalue weighted by Gasteiger charge is 2.43. The van der Waals surface area contributed by atoms with E-state index in [0.717, 1.165) is 22.6 Å². The van der Waals surface area contributed by atoms with E-state index in [0.29, 0.717) is 15.8 Å². The molecule has 1 aliphatic heterocycles. The second-order valence-corrected chi connectivity index (χ2v) is 8.43. The highest BCUT2D eigenvalue weighted by molar-refractivity contribution is 7.80. The minimum absolute atomic E-state index is 0.0952. The molecule has 5 rings (SSSR count). The molecule has 1 saturated heterocycles. The highest BCUT2D eigenvalue weighted by atomic mass is 35.5. The Kier molecular flexibility index (Phi) is 5.07. The molecule has 4 aromatic rings. The van der Waals surface area contributed by atoms with Gasteiger partial charge in [-0.3, -0.25) is 9.66 Å². The van der Waals surface area contributed by atoms with E-state index in [1.807, 2.05) is 46.3 Å². The van der Waals surface area contributed by atoms with Gasteiger partial charge in [0.2, 0.25) is 0 Å². The Bertz CT molecular complexity index is 1290. The van der Waals surface area contributed by atoms with Crippen LogP contribution in [0.4, 0.5) is 5.69 Å². The fourth-order valence-corrected chi connectivity index (χ4v) is 4.86. The molecular weight excluding hydrogens is 446 g/mol. The largest absolute Gasteiger partial charge is 0.506 e. The van der Waals surface area contributed by atoms with Gasteiger partial charge in [-0.25, -0.2) is 4.68 Å². The van der Waals surface area contributed by atoms with Gasteiger partial charge >= 0.3 is 0 Å². The van der Waals surface area contributed by atoms with E-state index in [-0.39, 0.29) is 17.8 Å². The summed E-state index contributed by atoms with van der Waals surface area (Å²) < 4.78 is 3.86. The monoisotopic (exact) mass is 465 g/mol. The molecule has 0 radical (unpaired) electrons. The Morgan fingerprint density at radius 1 is 1.09 bits per heavy atom. The lowest BCUT2D eigenvalue weighted by atomic mass is 9.96. The molecule has 32 heavy (non-hydrogen) atoms. The number of thiocarbonyl (C=S) groups is 1. The van der Waals surface area contributed by atoms with Crippen molar-refractivity contribution in [3.63, 3.8) is 0 Å². The molecule has 0 saturated carbocycles. The van der Waals surface area contributed by atoms with Crippen molar-refractivity contribution in [1.82, 2.24) is 29.9 Å². The molecule has 1 aromatic carbocycles. The van der Waals surface area contributed by atoms with Crippen molar-refractivity contribution in [3.8, 4) is 5.75 Å². The first-order valence-electron chi connectivity index (χ1n) is 9.99. The lowest BCUT2D eigenvalue weighted by Crippen LogP contribution is -2.29. The molecule has 2 atom stereocenters. The Balaban J connectivity index is 1.71. The second-order valence-electron chi connectivity index (χ2n) is 7.61. The van der Waals surface area contributed by atoms with Crippen LogP contribution in [0, 0.1) is 13.8 Å². The maximum Gasteiger partial charge on any atom is 0.174 e. The van der Waals surface area contributed by atoms with Gasteiger partial charge < -0.3 is 15.3 Å². The molecule has 0 amide bonds. The summed E-state index contributed by atoms with van der Waals surface area (Å²) in [4.78, 5) is 6.49. The molecule has 8 nitrogen and oxygen atoms in total. The lowest BCUT2D eigenvalue weighted by Gasteiger charge is -2.28. The van der Waals surface area contributed by atoms with Gasteiger partial charge in [0.1, 0.15) is 18.4 Å². The number of aryl methyl sites for hydroxylation is 1. The third-order valence-corrected chi connectivity index (χ3v) is 6.23. The SMILES string of the molecule is Cc1cc(C2C(c3ccccn3)NC(=S)N2c2cc(Cl)ccc2O)c(C)n1-n1cnnc1. The van der Waals surface area contributed by atoms with Gasteiger partial charge in [-0.15, -0.1) is 10.2 Å². The van der Waals surface area contributed by atoms with Gasteiger partial charge in [0.15, 0.2) is 5.11 Å². The number of nitrogens with zero attached hydrogens (tertiary/aromatic N) is 6. The molecule has 2 N–H and O–H groups in total. The Morgan fingerprint density at radius 3 is 2.59 bits per heavy atom. The van der Waals surface area contributed by atoms with Crippen LogP contribution < -0.4 is 10.2 Å². The number of aromatic nitrogens is 5. The van der Waals surface area contributed by atoms with Gasteiger partial charge in [0.25, 0.3) is 0 Å². The van der Waals surface area contributed by atoms with Crippen LogP contribution in [0.15, 0.2) is 61.3 Å². The first-order chi connectivity index (χ1) is 15.5. The van der Waals surface area contributed by atoms with Crippen LogP contribution in [0.1, 0.15) is 34.7 Å². The molecule has 4 heterocycles. The molecular formula is C22H20ClN7OS. The van der Waals surface area contributed by atoms with Crippen molar-refractivity contribution in [3.05, 3.63) is 89.0 Å². The van der Waals surface area contributed by atoms with Crippen LogP contribution in [-0.2, 0) is 0 Å². The smallest absolute Gasteiger partial charge is 0.174 e. The summed E-state index contributed by atoms with van der Waals surface area (Å²) in [6.07, 6.45) is 5.06. The van der Waals surface area contributed by atoms with Crippen molar-refractivity contribution in [1.29, 1.82) is 0 Å². The number of phenolic OH excluding ortho intramolecular Hbond substituents is 1. The summed E-state index contributed by atoms with van der Waals surface area (Å²) in [7, 11) is 0. The number of rotatable bonds is 4. The van der Waals surface area contributed by atoms with Crippen molar-refractivity contribution < 1.29 is 5.11 Å². The van der Waals surface area contributed by atoms with Gasteiger partial charge in [0.05, 0.1) is 23.5 Å². The number of nitrogens with one attached hydrogen (secondary N) is 1. The van der Waals surface area contributed by atoms with Crippen LogP contribution >= 0.6 is 23.8 Å². The summed E-state index contributed by atoms with van der Waals surface area (Å²) in [6.45, 7) is 4.06. The molecule has 0 spiro atoms. The molecule has 10 heteroatoms. The Hall–Kier alpha value is -3.43. The summed E-state index contributed by atoms with van der Waals surface area (Å²) in [5, 5.41) is 23.0. The molecule has 2 unspecified atom stereocenters. The topological polar surface area (TPSA) is 84.0 Å². The third kappa shape index (κ3) is 3.30. The second kappa shape index (κ2) is 7.92. The number of phenols is 1. The first-order valence-corrected chi connectivity index (χ1v) is 10.8. The van der Waals surface area contributed by atoms with Crippen LogP contribution in [0.2, 0.25) is 5.02 Å². The fourth-order valence-electron chi connectivity index (χ4n) is 4.35. The number of pyridine rings is 1. The standard InChI is InChI=1S/C22H20ClN7OS/c1-13-9-16(14(2)30(13)28-11-25-26-12-28)21-20(17-5-3-4-8-24-17)27-22(32)29(21)18-10-15(23)6-7-19(18)31/h3-12,20-21,31H,1-2H3,(H,27,32). The predicted molar refractivity (Wildman–Crippen MR) is 126 cm³/mol. The average molecular weight is 466 g/mol. The van der Waals surface area contributed by atoms with Crippen molar-refractivity contribution in [2.24, 2.45) is 0 Å².